The fourth-order valence-corrected chi connectivity index (χ4v) is 4.09. The fraction of sp³-hybridized carbons (Fsp3) is 0.579. The third-order valence-electron chi connectivity index (χ3n) is 5.59. The number of benzene rings is 1. The molecule has 4 rings (SSSR count). The predicted molar refractivity (Wildman–Crippen MR) is 94.5 cm³/mol. The van der Waals surface area contributed by atoms with Gasteiger partial charge in [0, 0.05) is 38.5 Å². The lowest BCUT2D eigenvalue weighted by atomic mass is 9.99. The van der Waals surface area contributed by atoms with E-state index in [1.807, 2.05) is 23.1 Å². The van der Waals surface area contributed by atoms with Gasteiger partial charge in [-0.1, -0.05) is 19.1 Å². The van der Waals surface area contributed by atoms with Gasteiger partial charge in [0.2, 0.25) is 5.91 Å². The second kappa shape index (κ2) is 6.20. The number of para-hydroxylation sites is 2. The fourth-order valence-electron chi connectivity index (χ4n) is 4.09. The molecule has 0 bridgehead atoms. The van der Waals surface area contributed by atoms with Gasteiger partial charge in [0.25, 0.3) is 0 Å². The molecule has 2 fully saturated rings. The number of aromatic nitrogens is 2. The molecule has 1 aromatic carbocycles. The Morgan fingerprint density at radius 2 is 2.08 bits per heavy atom. The Kier molecular flexibility index (Phi) is 4.04. The van der Waals surface area contributed by atoms with E-state index in [4.69, 9.17) is 5.73 Å². The summed E-state index contributed by atoms with van der Waals surface area (Å²) in [6.07, 6.45) is 3.99. The standard InChI is InChI=1S/C19H26N4O/c1-2-18-21-16-5-3-4-6-17(16)23(18)10-9-19(24)22-11-14(13-7-8-13)15(20)12-22/h3-6,13-15H,2,7-12,20H2,1H3/t14-,15+/m1/s1. The summed E-state index contributed by atoms with van der Waals surface area (Å²) < 4.78 is 2.20. The van der Waals surface area contributed by atoms with Crippen molar-refractivity contribution in [3.63, 3.8) is 0 Å². The van der Waals surface area contributed by atoms with Crippen molar-refractivity contribution in [2.45, 2.75) is 45.2 Å². The van der Waals surface area contributed by atoms with Gasteiger partial charge in [0.15, 0.2) is 0 Å². The van der Waals surface area contributed by atoms with E-state index in [9.17, 15) is 4.79 Å². The normalized spacial score (nSPS) is 24.0. The Bertz CT molecular complexity index is 749. The van der Waals surface area contributed by atoms with Gasteiger partial charge < -0.3 is 15.2 Å². The Labute approximate surface area is 142 Å². The van der Waals surface area contributed by atoms with E-state index in [0.29, 0.717) is 18.9 Å². The van der Waals surface area contributed by atoms with Crippen LogP contribution in [0.15, 0.2) is 24.3 Å². The summed E-state index contributed by atoms with van der Waals surface area (Å²) in [5, 5.41) is 0. The Hall–Kier alpha value is -1.88. The second-order valence-corrected chi connectivity index (χ2v) is 7.24. The number of amides is 1. The zero-order chi connectivity index (χ0) is 16.7. The molecule has 24 heavy (non-hydrogen) atoms. The maximum Gasteiger partial charge on any atom is 0.224 e. The Balaban J connectivity index is 1.44. The first-order valence-electron chi connectivity index (χ1n) is 9.15. The average molecular weight is 326 g/mol. The number of imidazole rings is 1. The monoisotopic (exact) mass is 326 g/mol. The molecule has 0 spiro atoms. The molecule has 2 atom stereocenters. The Morgan fingerprint density at radius 1 is 1.29 bits per heavy atom. The summed E-state index contributed by atoms with van der Waals surface area (Å²) in [4.78, 5) is 19.3. The van der Waals surface area contributed by atoms with Crippen LogP contribution in [0.4, 0.5) is 0 Å². The largest absolute Gasteiger partial charge is 0.341 e. The highest BCUT2D eigenvalue weighted by atomic mass is 16.2. The highest BCUT2D eigenvalue weighted by Gasteiger charge is 2.41. The first-order chi connectivity index (χ1) is 11.7. The van der Waals surface area contributed by atoms with E-state index < -0.39 is 0 Å². The van der Waals surface area contributed by atoms with Crippen LogP contribution in [0.3, 0.4) is 0 Å². The van der Waals surface area contributed by atoms with Gasteiger partial charge in [-0.25, -0.2) is 4.98 Å². The molecule has 2 aliphatic rings. The molecule has 2 N–H and O–H groups in total. The molecule has 2 aromatic rings. The van der Waals surface area contributed by atoms with Crippen LogP contribution in [0.2, 0.25) is 0 Å². The summed E-state index contributed by atoms with van der Waals surface area (Å²) in [6, 6.07) is 8.32. The van der Waals surface area contributed by atoms with E-state index in [1.165, 1.54) is 12.8 Å². The van der Waals surface area contributed by atoms with Crippen LogP contribution < -0.4 is 5.73 Å². The van der Waals surface area contributed by atoms with Gasteiger partial charge in [-0.05, 0) is 36.8 Å². The van der Waals surface area contributed by atoms with Gasteiger partial charge in [-0.2, -0.15) is 0 Å². The SMILES string of the molecule is CCc1nc2ccccc2n1CCC(=O)N1C[C@H](C2CC2)[C@@H](N)C1. The molecular weight excluding hydrogens is 300 g/mol. The molecule has 128 valence electrons. The van der Waals surface area contributed by atoms with Crippen LogP contribution in [0.5, 0.6) is 0 Å². The number of hydrogen-bond donors (Lipinski definition) is 1. The number of aryl methyl sites for hydroxylation is 2. The van der Waals surface area contributed by atoms with Crippen LogP contribution in [-0.4, -0.2) is 39.5 Å². The van der Waals surface area contributed by atoms with Gasteiger partial charge in [0.1, 0.15) is 5.82 Å². The number of fused-ring (bicyclic) bond motifs is 1. The molecule has 1 saturated heterocycles. The minimum atomic E-state index is 0.168. The van der Waals surface area contributed by atoms with E-state index >= 15 is 0 Å². The molecule has 0 unspecified atom stereocenters. The van der Waals surface area contributed by atoms with Crippen LogP contribution in [0, 0.1) is 11.8 Å². The summed E-state index contributed by atoms with van der Waals surface area (Å²) in [5.41, 5.74) is 8.38. The summed E-state index contributed by atoms with van der Waals surface area (Å²) in [7, 11) is 0. The number of nitrogens with two attached hydrogens (primary N) is 1. The number of rotatable bonds is 5. The number of likely N-dealkylation sites (tertiary alicyclic amines) is 1. The van der Waals surface area contributed by atoms with Crippen LogP contribution >= 0.6 is 0 Å². The van der Waals surface area contributed by atoms with Crippen LogP contribution in [0.25, 0.3) is 11.0 Å². The molecular formula is C19H26N4O. The van der Waals surface area contributed by atoms with Crippen molar-refractivity contribution in [3.05, 3.63) is 30.1 Å². The maximum atomic E-state index is 12.6. The first kappa shape index (κ1) is 15.6. The number of carbonyl (C=O) groups is 1. The third-order valence-corrected chi connectivity index (χ3v) is 5.59. The average Bonchev–Trinajstić information content (AvgIpc) is 3.26. The molecule has 1 saturated carbocycles. The van der Waals surface area contributed by atoms with E-state index in [0.717, 1.165) is 42.3 Å². The highest BCUT2D eigenvalue weighted by molar-refractivity contribution is 5.78. The smallest absolute Gasteiger partial charge is 0.224 e. The predicted octanol–water partition coefficient (Wildman–Crippen LogP) is 2.18. The van der Waals surface area contributed by atoms with Crippen molar-refractivity contribution in [1.29, 1.82) is 0 Å². The van der Waals surface area contributed by atoms with Gasteiger partial charge in [-0.15, -0.1) is 0 Å². The van der Waals surface area contributed by atoms with Gasteiger partial charge >= 0.3 is 0 Å². The number of nitrogens with zero attached hydrogens (tertiary/aromatic N) is 3. The molecule has 2 heterocycles. The molecule has 0 radical (unpaired) electrons. The van der Waals surface area contributed by atoms with Gasteiger partial charge in [0.05, 0.1) is 11.0 Å². The minimum Gasteiger partial charge on any atom is -0.341 e. The van der Waals surface area contributed by atoms with Gasteiger partial charge in [-0.3, -0.25) is 4.79 Å². The summed E-state index contributed by atoms with van der Waals surface area (Å²) >= 11 is 0. The quantitative estimate of drug-likeness (QED) is 0.916. The Morgan fingerprint density at radius 3 is 2.83 bits per heavy atom. The first-order valence-corrected chi connectivity index (χ1v) is 9.15. The molecule has 5 nitrogen and oxygen atoms in total. The van der Waals surface area contributed by atoms with E-state index in [1.54, 1.807) is 0 Å². The lowest BCUT2D eigenvalue weighted by Gasteiger charge is -2.17. The highest BCUT2D eigenvalue weighted by Crippen LogP contribution is 2.40. The topological polar surface area (TPSA) is 64.2 Å². The molecule has 1 amide bonds. The molecule has 1 aromatic heterocycles. The zero-order valence-corrected chi connectivity index (χ0v) is 14.3. The van der Waals surface area contributed by atoms with Crippen molar-refractivity contribution >= 4 is 16.9 Å². The second-order valence-electron chi connectivity index (χ2n) is 7.24. The molecule has 5 heteroatoms. The lowest BCUT2D eigenvalue weighted by molar-refractivity contribution is -0.130. The molecule has 1 aliphatic heterocycles. The summed E-state index contributed by atoms with van der Waals surface area (Å²) in [5.74, 6) is 2.57. The molecule has 1 aliphatic carbocycles. The maximum absolute atomic E-state index is 12.6. The minimum absolute atomic E-state index is 0.168. The summed E-state index contributed by atoms with van der Waals surface area (Å²) in [6.45, 7) is 4.39. The lowest BCUT2D eigenvalue weighted by Crippen LogP contribution is -2.33. The van der Waals surface area contributed by atoms with Crippen molar-refractivity contribution < 1.29 is 4.79 Å². The van der Waals surface area contributed by atoms with Crippen molar-refractivity contribution in [2.75, 3.05) is 13.1 Å². The van der Waals surface area contributed by atoms with Crippen molar-refractivity contribution in [1.82, 2.24) is 14.5 Å². The zero-order valence-electron chi connectivity index (χ0n) is 14.3. The number of carbonyl (C=O) groups excluding carboxylic acids is 1. The van der Waals surface area contributed by atoms with Crippen LogP contribution in [-0.2, 0) is 17.8 Å². The number of hydrogen-bond acceptors (Lipinski definition) is 3. The van der Waals surface area contributed by atoms with E-state index in [2.05, 4.69) is 22.5 Å². The van der Waals surface area contributed by atoms with Crippen molar-refractivity contribution in [3.8, 4) is 0 Å². The van der Waals surface area contributed by atoms with Crippen molar-refractivity contribution in [2.24, 2.45) is 17.6 Å². The van der Waals surface area contributed by atoms with Crippen LogP contribution in [0.1, 0.15) is 32.0 Å². The van der Waals surface area contributed by atoms with E-state index in [-0.39, 0.29) is 11.9 Å². The third kappa shape index (κ3) is 2.81.